The van der Waals surface area contributed by atoms with Crippen LogP contribution in [0.1, 0.15) is 18.1 Å². The summed E-state index contributed by atoms with van der Waals surface area (Å²) in [7, 11) is 2.20. The summed E-state index contributed by atoms with van der Waals surface area (Å²) in [6.45, 7) is 3.38. The predicted molar refractivity (Wildman–Crippen MR) is 76.4 cm³/mol. The third-order valence-corrected chi connectivity index (χ3v) is 4.54. The van der Waals surface area contributed by atoms with Crippen molar-refractivity contribution >= 4 is 16.5 Å². The maximum Gasteiger partial charge on any atom is 0.0874 e. The molecule has 0 saturated heterocycles. The lowest BCUT2D eigenvalue weighted by molar-refractivity contribution is 0.199. The number of benzene rings is 1. The summed E-state index contributed by atoms with van der Waals surface area (Å²) in [5, 5.41) is 11.2. The Labute approximate surface area is 112 Å². The molecule has 1 N–H and O–H groups in total. The van der Waals surface area contributed by atoms with Gasteiger partial charge in [0.05, 0.1) is 5.52 Å². The second-order valence-electron chi connectivity index (χ2n) is 5.96. The summed E-state index contributed by atoms with van der Waals surface area (Å²) in [5.74, 6) is 0.587. The van der Waals surface area contributed by atoms with Crippen molar-refractivity contribution in [1.82, 2.24) is 9.63 Å². The van der Waals surface area contributed by atoms with Gasteiger partial charge in [0.2, 0.25) is 0 Å². The van der Waals surface area contributed by atoms with E-state index in [4.69, 9.17) is 0 Å². The van der Waals surface area contributed by atoms with E-state index in [1.807, 2.05) is 18.3 Å². The summed E-state index contributed by atoms with van der Waals surface area (Å²) >= 11 is 0. The standard InChI is InChI=1S/C16H18N2O/c1-10-6-13-12-4-3-5-14-16(12)11(9-18(14)19)7-15(13)17(2)8-10/h3-6,9-10,15,19H,7-8H2,1-2H3/t10-,15-/m1/s1. The largest absolute Gasteiger partial charge is 0.428 e. The molecule has 2 heterocycles. The molecule has 0 saturated carbocycles. The molecule has 1 aliphatic heterocycles. The highest BCUT2D eigenvalue weighted by Gasteiger charge is 2.33. The molecule has 0 fully saturated rings. The maximum absolute atomic E-state index is 10.0. The molecule has 2 aromatic rings. The van der Waals surface area contributed by atoms with Crippen molar-refractivity contribution in [1.29, 1.82) is 0 Å². The second kappa shape index (κ2) is 3.64. The highest BCUT2D eigenvalue weighted by atomic mass is 16.5. The van der Waals surface area contributed by atoms with E-state index < -0.39 is 0 Å². The van der Waals surface area contributed by atoms with Gasteiger partial charge in [-0.05, 0) is 42.2 Å². The van der Waals surface area contributed by atoms with Crippen LogP contribution in [-0.4, -0.2) is 34.5 Å². The van der Waals surface area contributed by atoms with Crippen LogP contribution in [0.5, 0.6) is 0 Å². The minimum Gasteiger partial charge on any atom is -0.428 e. The van der Waals surface area contributed by atoms with E-state index in [1.54, 1.807) is 0 Å². The lowest BCUT2D eigenvalue weighted by Crippen LogP contribution is -2.41. The van der Waals surface area contributed by atoms with Crippen LogP contribution < -0.4 is 0 Å². The first kappa shape index (κ1) is 11.1. The molecule has 0 spiro atoms. The van der Waals surface area contributed by atoms with Crippen molar-refractivity contribution < 1.29 is 5.21 Å². The topological polar surface area (TPSA) is 28.4 Å². The average Bonchev–Trinajstić information content (AvgIpc) is 2.70. The van der Waals surface area contributed by atoms with Crippen LogP contribution >= 0.6 is 0 Å². The zero-order valence-corrected chi connectivity index (χ0v) is 11.3. The molecule has 0 bridgehead atoms. The maximum atomic E-state index is 10.0. The quantitative estimate of drug-likeness (QED) is 0.732. The monoisotopic (exact) mass is 254 g/mol. The first-order chi connectivity index (χ1) is 9.15. The van der Waals surface area contributed by atoms with E-state index >= 15 is 0 Å². The lowest BCUT2D eigenvalue weighted by Gasteiger charge is -2.39. The number of rotatable bonds is 0. The minimum atomic E-state index is 0.455. The van der Waals surface area contributed by atoms with Gasteiger partial charge in [-0.1, -0.05) is 25.1 Å². The van der Waals surface area contributed by atoms with Gasteiger partial charge in [0.1, 0.15) is 0 Å². The summed E-state index contributed by atoms with van der Waals surface area (Å²) in [6.07, 6.45) is 5.28. The number of hydrogen-bond acceptors (Lipinski definition) is 2. The molecule has 98 valence electrons. The third kappa shape index (κ3) is 1.42. The fourth-order valence-corrected chi connectivity index (χ4v) is 3.78. The molecule has 19 heavy (non-hydrogen) atoms. The van der Waals surface area contributed by atoms with Crippen molar-refractivity contribution in [2.75, 3.05) is 13.6 Å². The van der Waals surface area contributed by atoms with E-state index in [-0.39, 0.29) is 0 Å². The van der Waals surface area contributed by atoms with E-state index in [2.05, 4.69) is 31.0 Å². The van der Waals surface area contributed by atoms with Gasteiger partial charge in [0, 0.05) is 24.2 Å². The molecular formula is C16H18N2O. The molecule has 0 amide bonds. The molecule has 0 unspecified atom stereocenters. The Morgan fingerprint density at radius 3 is 3.00 bits per heavy atom. The molecule has 4 rings (SSSR count). The van der Waals surface area contributed by atoms with Gasteiger partial charge >= 0.3 is 0 Å². The van der Waals surface area contributed by atoms with Gasteiger partial charge in [0.15, 0.2) is 0 Å². The lowest BCUT2D eigenvalue weighted by atomic mass is 9.80. The first-order valence-corrected chi connectivity index (χ1v) is 6.89. The Hall–Kier alpha value is -1.74. The van der Waals surface area contributed by atoms with Crippen LogP contribution in [0.15, 0.2) is 30.5 Å². The van der Waals surface area contributed by atoms with E-state index in [1.165, 1.54) is 26.8 Å². The number of aromatic nitrogens is 1. The molecule has 2 aliphatic rings. The minimum absolute atomic E-state index is 0.455. The Morgan fingerprint density at radius 1 is 1.32 bits per heavy atom. The van der Waals surface area contributed by atoms with Crippen LogP contribution in [0.25, 0.3) is 16.5 Å². The molecule has 2 atom stereocenters. The molecule has 0 radical (unpaired) electrons. The van der Waals surface area contributed by atoms with Crippen LogP contribution in [0.4, 0.5) is 0 Å². The van der Waals surface area contributed by atoms with Crippen LogP contribution in [0, 0.1) is 5.92 Å². The van der Waals surface area contributed by atoms with E-state index in [0.717, 1.165) is 18.5 Å². The highest BCUT2D eigenvalue weighted by Crippen LogP contribution is 2.41. The van der Waals surface area contributed by atoms with Crippen molar-refractivity contribution in [3.8, 4) is 0 Å². The summed E-state index contributed by atoms with van der Waals surface area (Å²) < 4.78 is 1.27. The number of likely N-dealkylation sites (N-methyl/N-ethyl adjacent to an activating group) is 1. The highest BCUT2D eigenvalue weighted by molar-refractivity contribution is 5.98. The number of hydrogen-bond donors (Lipinski definition) is 1. The molecular weight excluding hydrogens is 236 g/mol. The van der Waals surface area contributed by atoms with Gasteiger partial charge in [-0.15, -0.1) is 0 Å². The van der Waals surface area contributed by atoms with Crippen molar-refractivity contribution in [3.05, 3.63) is 41.6 Å². The SMILES string of the molecule is C[C@@H]1C=C2c3cccc4c3c(cn4O)C[C@H]2N(C)C1. The van der Waals surface area contributed by atoms with E-state index in [9.17, 15) is 5.21 Å². The molecule has 1 aromatic heterocycles. The Morgan fingerprint density at radius 2 is 2.16 bits per heavy atom. The smallest absolute Gasteiger partial charge is 0.0874 e. The number of fused-ring (bicyclic) bond motifs is 2. The zero-order chi connectivity index (χ0) is 13.1. The van der Waals surface area contributed by atoms with Gasteiger partial charge in [0.25, 0.3) is 0 Å². The van der Waals surface area contributed by atoms with Gasteiger partial charge < -0.3 is 5.21 Å². The fourth-order valence-electron chi connectivity index (χ4n) is 3.78. The van der Waals surface area contributed by atoms with Crippen molar-refractivity contribution in [2.24, 2.45) is 5.92 Å². The third-order valence-electron chi connectivity index (χ3n) is 4.54. The second-order valence-corrected chi connectivity index (χ2v) is 5.96. The molecule has 3 heteroatoms. The average molecular weight is 254 g/mol. The summed E-state index contributed by atoms with van der Waals surface area (Å²) in [6, 6.07) is 6.67. The summed E-state index contributed by atoms with van der Waals surface area (Å²) in [4.78, 5) is 2.44. The van der Waals surface area contributed by atoms with Crippen LogP contribution in [0.3, 0.4) is 0 Å². The molecule has 3 nitrogen and oxygen atoms in total. The Bertz CT molecular complexity index is 698. The van der Waals surface area contributed by atoms with Gasteiger partial charge in [-0.2, -0.15) is 4.73 Å². The fraction of sp³-hybridized carbons (Fsp3) is 0.375. The molecule has 1 aromatic carbocycles. The number of nitrogens with zero attached hydrogens (tertiary/aromatic N) is 2. The van der Waals surface area contributed by atoms with Crippen molar-refractivity contribution in [3.63, 3.8) is 0 Å². The first-order valence-electron chi connectivity index (χ1n) is 6.89. The zero-order valence-electron chi connectivity index (χ0n) is 11.3. The van der Waals surface area contributed by atoms with Crippen molar-refractivity contribution in [2.45, 2.75) is 19.4 Å². The Kier molecular flexibility index (Phi) is 2.13. The summed E-state index contributed by atoms with van der Waals surface area (Å²) in [5.41, 5.74) is 4.92. The van der Waals surface area contributed by atoms with Crippen LogP contribution in [0.2, 0.25) is 0 Å². The van der Waals surface area contributed by atoms with Gasteiger partial charge in [-0.25, -0.2) is 0 Å². The predicted octanol–water partition coefficient (Wildman–Crippen LogP) is 2.77. The van der Waals surface area contributed by atoms with E-state index in [0.29, 0.717) is 12.0 Å². The van der Waals surface area contributed by atoms with Gasteiger partial charge in [-0.3, -0.25) is 4.90 Å². The normalized spacial score (nSPS) is 26.3. The molecule has 1 aliphatic carbocycles. The Balaban J connectivity index is 2.04. The van der Waals surface area contributed by atoms with Crippen LogP contribution in [-0.2, 0) is 6.42 Å².